The molecule has 2 rings (SSSR count). The molecule has 1 saturated carbocycles. The van der Waals surface area contributed by atoms with Gasteiger partial charge in [0, 0.05) is 6.54 Å². The second kappa shape index (κ2) is 7.31. The summed E-state index contributed by atoms with van der Waals surface area (Å²) < 4.78 is 0. The second-order valence-corrected chi connectivity index (χ2v) is 5.74. The third-order valence-corrected chi connectivity index (χ3v) is 4.36. The van der Waals surface area contributed by atoms with Gasteiger partial charge in [0.25, 0.3) is 0 Å². The lowest BCUT2D eigenvalue weighted by molar-refractivity contribution is 0.262. The summed E-state index contributed by atoms with van der Waals surface area (Å²) in [5.41, 5.74) is 1.96. The van der Waals surface area contributed by atoms with Crippen molar-refractivity contribution in [1.29, 1.82) is 5.26 Å². The van der Waals surface area contributed by atoms with Gasteiger partial charge in [-0.25, -0.2) is 0 Å². The molecule has 0 bridgehead atoms. The number of nitriles is 1. The van der Waals surface area contributed by atoms with Crippen LogP contribution in [0.5, 0.6) is 0 Å². The van der Waals surface area contributed by atoms with Gasteiger partial charge in [-0.3, -0.25) is 0 Å². The average molecular weight is 256 g/mol. The Morgan fingerprint density at radius 1 is 1.21 bits per heavy atom. The van der Waals surface area contributed by atoms with Crippen LogP contribution >= 0.6 is 0 Å². The smallest absolute Gasteiger partial charge is 0.0991 e. The second-order valence-electron chi connectivity index (χ2n) is 5.74. The minimum Gasteiger partial charge on any atom is -0.312 e. The largest absolute Gasteiger partial charge is 0.312 e. The van der Waals surface area contributed by atoms with E-state index < -0.39 is 0 Å². The first-order chi connectivity index (χ1) is 9.31. The van der Waals surface area contributed by atoms with Crippen molar-refractivity contribution in [3.8, 4) is 6.07 Å². The maximum absolute atomic E-state index is 8.87. The Labute approximate surface area is 116 Å². The molecule has 102 valence electrons. The zero-order valence-corrected chi connectivity index (χ0v) is 11.9. The first-order valence-corrected chi connectivity index (χ1v) is 7.51. The molecule has 1 fully saturated rings. The van der Waals surface area contributed by atoms with Gasteiger partial charge in [0.1, 0.15) is 0 Å². The molecule has 1 aromatic carbocycles. The lowest BCUT2D eigenvalue weighted by atomic mass is 9.81. The SMILES string of the molecule is CCC1CCC(CNCc2cccc(C#N)c2)CC1. The summed E-state index contributed by atoms with van der Waals surface area (Å²) in [4.78, 5) is 0. The highest BCUT2D eigenvalue weighted by molar-refractivity contribution is 5.32. The van der Waals surface area contributed by atoms with Gasteiger partial charge in [-0.2, -0.15) is 5.26 Å². The van der Waals surface area contributed by atoms with E-state index in [0.29, 0.717) is 0 Å². The molecule has 19 heavy (non-hydrogen) atoms. The molecule has 1 N–H and O–H groups in total. The molecule has 2 heteroatoms. The van der Waals surface area contributed by atoms with Gasteiger partial charge in [-0.05, 0) is 48.9 Å². The number of rotatable bonds is 5. The van der Waals surface area contributed by atoms with Crippen LogP contribution < -0.4 is 5.32 Å². The zero-order valence-electron chi connectivity index (χ0n) is 11.9. The van der Waals surface area contributed by atoms with Gasteiger partial charge >= 0.3 is 0 Å². The van der Waals surface area contributed by atoms with Crippen molar-refractivity contribution in [1.82, 2.24) is 5.32 Å². The Balaban J connectivity index is 1.70. The maximum atomic E-state index is 8.87. The van der Waals surface area contributed by atoms with Crippen molar-refractivity contribution in [2.45, 2.75) is 45.6 Å². The summed E-state index contributed by atoms with van der Waals surface area (Å²) in [6.45, 7) is 4.31. The van der Waals surface area contributed by atoms with Crippen LogP contribution in [-0.4, -0.2) is 6.54 Å². The van der Waals surface area contributed by atoms with Crippen molar-refractivity contribution < 1.29 is 0 Å². The summed E-state index contributed by atoms with van der Waals surface area (Å²) in [6.07, 6.45) is 6.92. The molecule has 1 aromatic rings. The van der Waals surface area contributed by atoms with E-state index in [2.05, 4.69) is 24.4 Å². The molecule has 0 amide bonds. The molecule has 0 aliphatic heterocycles. The Kier molecular flexibility index (Phi) is 5.42. The molecule has 2 nitrogen and oxygen atoms in total. The summed E-state index contributed by atoms with van der Waals surface area (Å²) >= 11 is 0. The maximum Gasteiger partial charge on any atom is 0.0991 e. The first kappa shape index (κ1) is 14.1. The van der Waals surface area contributed by atoms with Gasteiger partial charge in [-0.15, -0.1) is 0 Å². The predicted molar refractivity (Wildman–Crippen MR) is 78.6 cm³/mol. The van der Waals surface area contributed by atoms with Crippen LogP contribution in [0.15, 0.2) is 24.3 Å². The normalized spacial score (nSPS) is 22.9. The predicted octanol–water partition coefficient (Wildman–Crippen LogP) is 3.86. The molecule has 0 atom stereocenters. The van der Waals surface area contributed by atoms with E-state index in [0.717, 1.165) is 30.5 Å². The van der Waals surface area contributed by atoms with Gasteiger partial charge in [0.2, 0.25) is 0 Å². The summed E-state index contributed by atoms with van der Waals surface area (Å²) in [5, 5.41) is 12.4. The minimum atomic E-state index is 0.753. The molecule has 1 aliphatic carbocycles. The van der Waals surface area contributed by atoms with Crippen LogP contribution in [0.3, 0.4) is 0 Å². The third kappa shape index (κ3) is 4.36. The van der Waals surface area contributed by atoms with Gasteiger partial charge in [-0.1, -0.05) is 38.3 Å². The Hall–Kier alpha value is -1.33. The lowest BCUT2D eigenvalue weighted by Crippen LogP contribution is -2.26. The fourth-order valence-electron chi connectivity index (χ4n) is 3.02. The fraction of sp³-hybridized carbons (Fsp3) is 0.588. The highest BCUT2D eigenvalue weighted by Crippen LogP contribution is 2.30. The number of nitrogens with zero attached hydrogens (tertiary/aromatic N) is 1. The van der Waals surface area contributed by atoms with Crippen LogP contribution in [0, 0.1) is 23.2 Å². The number of nitrogens with one attached hydrogen (secondary N) is 1. The minimum absolute atomic E-state index is 0.753. The first-order valence-electron chi connectivity index (χ1n) is 7.51. The van der Waals surface area contributed by atoms with Crippen molar-refractivity contribution in [3.63, 3.8) is 0 Å². The van der Waals surface area contributed by atoms with Crippen molar-refractivity contribution in [3.05, 3.63) is 35.4 Å². The van der Waals surface area contributed by atoms with E-state index in [4.69, 9.17) is 5.26 Å². The van der Waals surface area contributed by atoms with Crippen LogP contribution in [0.1, 0.15) is 50.2 Å². The van der Waals surface area contributed by atoms with E-state index >= 15 is 0 Å². The molecule has 0 radical (unpaired) electrons. The fourth-order valence-corrected chi connectivity index (χ4v) is 3.02. The topological polar surface area (TPSA) is 35.8 Å². The van der Waals surface area contributed by atoms with E-state index in [1.54, 1.807) is 0 Å². The molecule has 0 heterocycles. The Bertz CT molecular complexity index is 425. The third-order valence-electron chi connectivity index (χ3n) is 4.36. The van der Waals surface area contributed by atoms with Crippen LogP contribution in [0.4, 0.5) is 0 Å². The van der Waals surface area contributed by atoms with Crippen LogP contribution in [-0.2, 0) is 6.54 Å². The highest BCUT2D eigenvalue weighted by Gasteiger charge is 2.19. The van der Waals surface area contributed by atoms with E-state index in [1.807, 2.05) is 18.2 Å². The van der Waals surface area contributed by atoms with E-state index in [1.165, 1.54) is 37.7 Å². The monoisotopic (exact) mass is 256 g/mol. The van der Waals surface area contributed by atoms with Crippen LogP contribution in [0.2, 0.25) is 0 Å². The summed E-state index contributed by atoms with van der Waals surface area (Å²) in [7, 11) is 0. The average Bonchev–Trinajstić information content (AvgIpc) is 2.48. The quantitative estimate of drug-likeness (QED) is 0.868. The molecule has 0 aromatic heterocycles. The Morgan fingerprint density at radius 3 is 2.63 bits per heavy atom. The van der Waals surface area contributed by atoms with Gasteiger partial charge < -0.3 is 5.32 Å². The van der Waals surface area contributed by atoms with Crippen molar-refractivity contribution in [2.75, 3.05) is 6.54 Å². The van der Waals surface area contributed by atoms with E-state index in [-0.39, 0.29) is 0 Å². The number of benzene rings is 1. The van der Waals surface area contributed by atoms with Crippen molar-refractivity contribution >= 4 is 0 Å². The molecule has 0 unspecified atom stereocenters. The van der Waals surface area contributed by atoms with Gasteiger partial charge in [0.15, 0.2) is 0 Å². The summed E-state index contributed by atoms with van der Waals surface area (Å²) in [6, 6.07) is 10.1. The molecule has 0 saturated heterocycles. The van der Waals surface area contributed by atoms with Crippen LogP contribution in [0.25, 0.3) is 0 Å². The highest BCUT2D eigenvalue weighted by atomic mass is 14.9. The summed E-state index contributed by atoms with van der Waals surface area (Å²) in [5.74, 6) is 1.82. The zero-order chi connectivity index (χ0) is 13.5. The lowest BCUT2D eigenvalue weighted by Gasteiger charge is -2.27. The van der Waals surface area contributed by atoms with E-state index in [9.17, 15) is 0 Å². The molecular formula is C17H24N2. The number of hydrogen-bond donors (Lipinski definition) is 1. The number of hydrogen-bond acceptors (Lipinski definition) is 2. The Morgan fingerprint density at radius 2 is 1.95 bits per heavy atom. The molecular weight excluding hydrogens is 232 g/mol. The molecule has 0 spiro atoms. The van der Waals surface area contributed by atoms with Crippen molar-refractivity contribution in [2.24, 2.45) is 11.8 Å². The van der Waals surface area contributed by atoms with Gasteiger partial charge in [0.05, 0.1) is 11.6 Å². The standard InChI is InChI=1S/C17H24N2/c1-2-14-6-8-15(9-7-14)12-19-13-17-5-3-4-16(10-17)11-18/h3-5,10,14-15,19H,2,6-9,12-13H2,1H3. The molecule has 1 aliphatic rings.